The predicted molar refractivity (Wildman–Crippen MR) is 98.4 cm³/mol. The summed E-state index contributed by atoms with van der Waals surface area (Å²) in [5.74, 6) is -2.60. The van der Waals surface area contributed by atoms with E-state index in [1.54, 1.807) is 42.5 Å². The molecule has 3 heterocycles. The Morgan fingerprint density at radius 2 is 1.83 bits per heavy atom. The second-order valence-electron chi connectivity index (χ2n) is 6.98. The van der Waals surface area contributed by atoms with Crippen molar-refractivity contribution in [2.75, 3.05) is 6.54 Å². The first kappa shape index (κ1) is 19.6. The van der Waals surface area contributed by atoms with Crippen LogP contribution in [-0.4, -0.2) is 44.8 Å². The fourth-order valence-electron chi connectivity index (χ4n) is 3.95. The summed E-state index contributed by atoms with van der Waals surface area (Å²) in [6.45, 7) is -1.43. The van der Waals surface area contributed by atoms with E-state index in [9.17, 15) is 22.8 Å². The SMILES string of the molecule is O=C1C(c2ccccc2)C(=O)[N+](CC(F)(F)F)=C2CCC(c3ccc(Cl)nc3)N12. The van der Waals surface area contributed by atoms with Crippen molar-refractivity contribution >= 4 is 29.3 Å². The number of amidine groups is 1. The zero-order chi connectivity index (χ0) is 20.8. The molecule has 0 bridgehead atoms. The second kappa shape index (κ2) is 7.26. The van der Waals surface area contributed by atoms with Gasteiger partial charge < -0.3 is 0 Å². The Labute approximate surface area is 169 Å². The lowest BCUT2D eigenvalue weighted by atomic mass is 9.94. The minimum absolute atomic E-state index is 0.0875. The molecule has 2 aromatic rings. The molecule has 0 saturated carbocycles. The molecule has 1 fully saturated rings. The van der Waals surface area contributed by atoms with E-state index in [4.69, 9.17) is 11.6 Å². The Morgan fingerprint density at radius 1 is 1.10 bits per heavy atom. The van der Waals surface area contributed by atoms with Gasteiger partial charge in [-0.05, 0) is 11.6 Å². The van der Waals surface area contributed by atoms with Crippen LogP contribution in [-0.2, 0) is 9.59 Å². The Bertz CT molecular complexity index is 990. The van der Waals surface area contributed by atoms with Gasteiger partial charge in [-0.1, -0.05) is 48.0 Å². The molecule has 2 aliphatic rings. The number of alkyl halides is 3. The molecule has 4 rings (SSSR count). The van der Waals surface area contributed by atoms with Gasteiger partial charge in [-0.25, -0.2) is 14.6 Å². The van der Waals surface area contributed by atoms with Crippen molar-refractivity contribution in [2.45, 2.75) is 31.0 Å². The maximum atomic E-state index is 13.3. The number of benzene rings is 1. The highest BCUT2D eigenvalue weighted by Crippen LogP contribution is 2.39. The van der Waals surface area contributed by atoms with Crippen LogP contribution in [0.15, 0.2) is 48.7 Å². The van der Waals surface area contributed by atoms with Gasteiger partial charge in [0.1, 0.15) is 11.2 Å². The van der Waals surface area contributed by atoms with Crippen LogP contribution in [0.25, 0.3) is 0 Å². The average molecular weight is 423 g/mol. The monoisotopic (exact) mass is 422 g/mol. The topological polar surface area (TPSA) is 53.3 Å². The van der Waals surface area contributed by atoms with Crippen molar-refractivity contribution in [3.63, 3.8) is 0 Å². The lowest BCUT2D eigenvalue weighted by Crippen LogP contribution is -2.54. The van der Waals surface area contributed by atoms with Gasteiger partial charge in [-0.3, -0.25) is 0 Å². The quantitative estimate of drug-likeness (QED) is 0.430. The number of carbonyl (C=O) groups is 2. The summed E-state index contributed by atoms with van der Waals surface area (Å²) in [6, 6.07) is 10.9. The molecule has 1 aromatic carbocycles. The lowest BCUT2D eigenvalue weighted by molar-refractivity contribution is -0.494. The molecule has 0 aliphatic carbocycles. The highest BCUT2D eigenvalue weighted by atomic mass is 35.5. The smallest absolute Gasteiger partial charge is 0.245 e. The van der Waals surface area contributed by atoms with E-state index >= 15 is 0 Å². The Morgan fingerprint density at radius 3 is 2.45 bits per heavy atom. The van der Waals surface area contributed by atoms with Crippen LogP contribution < -0.4 is 0 Å². The van der Waals surface area contributed by atoms with Gasteiger partial charge in [0.25, 0.3) is 5.84 Å². The molecule has 0 radical (unpaired) electrons. The highest BCUT2D eigenvalue weighted by Gasteiger charge is 2.56. The van der Waals surface area contributed by atoms with Gasteiger partial charge in [0.2, 0.25) is 0 Å². The highest BCUT2D eigenvalue weighted by molar-refractivity contribution is 6.29. The average Bonchev–Trinajstić information content (AvgIpc) is 3.11. The first-order valence-corrected chi connectivity index (χ1v) is 9.37. The molecular weight excluding hydrogens is 407 g/mol. The largest absolute Gasteiger partial charge is 0.426 e. The molecule has 0 N–H and O–H groups in total. The molecule has 1 aromatic heterocycles. The normalized spacial score (nSPS) is 22.3. The molecule has 0 spiro atoms. The first-order chi connectivity index (χ1) is 13.8. The zero-order valence-corrected chi connectivity index (χ0v) is 15.8. The predicted octanol–water partition coefficient (Wildman–Crippen LogP) is 3.70. The number of fused-ring (bicyclic) bond motifs is 1. The molecule has 2 unspecified atom stereocenters. The van der Waals surface area contributed by atoms with E-state index < -0.39 is 36.5 Å². The van der Waals surface area contributed by atoms with Gasteiger partial charge in [0.15, 0.2) is 12.5 Å². The fourth-order valence-corrected chi connectivity index (χ4v) is 4.06. The van der Waals surface area contributed by atoms with Gasteiger partial charge >= 0.3 is 18.0 Å². The summed E-state index contributed by atoms with van der Waals surface area (Å²) in [6.07, 6.45) is -2.50. The molecular formula is C20H16ClF3N3O2+. The number of hydrogen-bond donors (Lipinski definition) is 0. The third kappa shape index (κ3) is 3.64. The summed E-state index contributed by atoms with van der Waals surface area (Å²) in [7, 11) is 0. The second-order valence-corrected chi connectivity index (χ2v) is 7.36. The number of hydrogen-bond acceptors (Lipinski definition) is 3. The Kier molecular flexibility index (Phi) is 4.90. The van der Waals surface area contributed by atoms with Gasteiger partial charge in [-0.15, -0.1) is 0 Å². The summed E-state index contributed by atoms with van der Waals surface area (Å²) >= 11 is 5.83. The first-order valence-electron chi connectivity index (χ1n) is 8.99. The van der Waals surface area contributed by atoms with Crippen LogP contribution in [0.5, 0.6) is 0 Å². The third-order valence-corrected chi connectivity index (χ3v) is 5.37. The Balaban J connectivity index is 1.83. The lowest BCUT2D eigenvalue weighted by Gasteiger charge is -2.28. The number of carbonyl (C=O) groups excluding carboxylic acids is 2. The standard InChI is InChI=1S/C20H16ClF3N3O2/c21-15-8-6-13(10-25-15)14-7-9-16-26(11-20(22,23)24)18(28)17(19(29)27(14)16)12-4-2-1-3-5-12/h1-6,8,10,14,17H,7,9,11H2/q+1. The third-order valence-electron chi connectivity index (χ3n) is 5.15. The summed E-state index contributed by atoms with van der Waals surface area (Å²) in [4.78, 5) is 31.6. The van der Waals surface area contributed by atoms with E-state index in [1.165, 1.54) is 11.1 Å². The van der Waals surface area contributed by atoms with Crippen molar-refractivity contribution < 1.29 is 27.3 Å². The van der Waals surface area contributed by atoms with Crippen molar-refractivity contribution in [3.05, 3.63) is 64.9 Å². The number of aromatic nitrogens is 1. The van der Waals surface area contributed by atoms with E-state index in [2.05, 4.69) is 4.98 Å². The van der Waals surface area contributed by atoms with E-state index in [-0.39, 0.29) is 17.4 Å². The summed E-state index contributed by atoms with van der Waals surface area (Å²) < 4.78 is 40.4. The number of pyridine rings is 1. The van der Waals surface area contributed by atoms with Gasteiger partial charge in [0, 0.05) is 18.2 Å². The van der Waals surface area contributed by atoms with Crippen molar-refractivity contribution in [3.8, 4) is 0 Å². The maximum absolute atomic E-state index is 13.3. The fraction of sp³-hybridized carbons (Fsp3) is 0.300. The van der Waals surface area contributed by atoms with E-state index in [0.717, 1.165) is 0 Å². The molecule has 2 atom stereocenters. The van der Waals surface area contributed by atoms with E-state index in [1.807, 2.05) is 0 Å². The molecule has 5 nitrogen and oxygen atoms in total. The molecule has 2 aliphatic heterocycles. The van der Waals surface area contributed by atoms with Crippen LogP contribution >= 0.6 is 11.6 Å². The van der Waals surface area contributed by atoms with Crippen LogP contribution in [0.4, 0.5) is 13.2 Å². The van der Waals surface area contributed by atoms with Crippen LogP contribution in [0, 0.1) is 0 Å². The number of amides is 2. The van der Waals surface area contributed by atoms with Gasteiger partial charge in [0.05, 0.1) is 6.42 Å². The minimum Gasteiger partial charge on any atom is -0.245 e. The zero-order valence-electron chi connectivity index (χ0n) is 15.1. The molecule has 29 heavy (non-hydrogen) atoms. The summed E-state index contributed by atoms with van der Waals surface area (Å²) in [5, 5.41) is 0.275. The minimum atomic E-state index is -4.59. The number of nitrogens with zero attached hydrogens (tertiary/aromatic N) is 3. The number of halogens is 4. The van der Waals surface area contributed by atoms with Crippen LogP contribution in [0.1, 0.15) is 35.9 Å². The van der Waals surface area contributed by atoms with Crippen molar-refractivity contribution in [2.24, 2.45) is 0 Å². The summed E-state index contributed by atoms with van der Waals surface area (Å²) in [5.41, 5.74) is 1.03. The van der Waals surface area contributed by atoms with Gasteiger partial charge in [-0.2, -0.15) is 22.6 Å². The van der Waals surface area contributed by atoms with E-state index in [0.29, 0.717) is 22.1 Å². The molecule has 150 valence electrons. The molecule has 2 amide bonds. The van der Waals surface area contributed by atoms with Crippen LogP contribution in [0.2, 0.25) is 5.15 Å². The maximum Gasteiger partial charge on any atom is 0.426 e. The number of rotatable bonds is 3. The molecule has 9 heteroatoms. The van der Waals surface area contributed by atoms with Crippen molar-refractivity contribution in [1.82, 2.24) is 9.88 Å². The Hall–Kier alpha value is -2.74. The van der Waals surface area contributed by atoms with Crippen molar-refractivity contribution in [1.29, 1.82) is 0 Å². The molecule has 1 saturated heterocycles. The van der Waals surface area contributed by atoms with Crippen LogP contribution in [0.3, 0.4) is 0 Å².